The van der Waals surface area contributed by atoms with Gasteiger partial charge in [0.25, 0.3) is 5.91 Å². The number of nitrogens with two attached hydrogens (primary N) is 1. The van der Waals surface area contributed by atoms with E-state index in [1.807, 2.05) is 0 Å². The third-order valence-corrected chi connectivity index (χ3v) is 1.15. The van der Waals surface area contributed by atoms with Crippen LogP contribution in [0.15, 0.2) is 24.3 Å². The maximum Gasteiger partial charge on any atom is 0.269 e. The van der Waals surface area contributed by atoms with Crippen LogP contribution in [0.25, 0.3) is 0 Å². The Hall–Kier alpha value is -1.51. The lowest BCUT2D eigenvalue weighted by Gasteiger charge is -1.93. The van der Waals surface area contributed by atoms with E-state index in [9.17, 15) is 4.79 Å². The SMILES string of the molecule is [NH]C(=O)c1cccc(N)c1. The average Bonchev–Trinajstić information content (AvgIpc) is 1.88. The molecule has 51 valence electrons. The van der Waals surface area contributed by atoms with Crippen molar-refractivity contribution >= 4 is 11.6 Å². The second-order valence-electron chi connectivity index (χ2n) is 1.95. The monoisotopic (exact) mass is 135 g/mol. The summed E-state index contributed by atoms with van der Waals surface area (Å²) in [7, 11) is 0. The van der Waals surface area contributed by atoms with Gasteiger partial charge in [-0.2, -0.15) is 0 Å². The largest absolute Gasteiger partial charge is 0.399 e. The van der Waals surface area contributed by atoms with Gasteiger partial charge in [0.05, 0.1) is 0 Å². The molecule has 1 amide bonds. The van der Waals surface area contributed by atoms with Gasteiger partial charge in [0.1, 0.15) is 0 Å². The zero-order valence-corrected chi connectivity index (χ0v) is 5.29. The number of nitrogen functional groups attached to an aromatic ring is 1. The van der Waals surface area contributed by atoms with Crippen LogP contribution in [0, 0.1) is 0 Å². The third-order valence-electron chi connectivity index (χ3n) is 1.15. The van der Waals surface area contributed by atoms with E-state index in [-0.39, 0.29) is 0 Å². The van der Waals surface area contributed by atoms with Gasteiger partial charge in [0.2, 0.25) is 0 Å². The average molecular weight is 135 g/mol. The number of carbonyl (C=O) groups is 1. The number of benzene rings is 1. The van der Waals surface area contributed by atoms with Crippen LogP contribution in [0.3, 0.4) is 0 Å². The Morgan fingerprint density at radius 1 is 1.50 bits per heavy atom. The molecule has 1 radical (unpaired) electrons. The Labute approximate surface area is 58.6 Å². The molecule has 0 aliphatic rings. The van der Waals surface area contributed by atoms with Crippen LogP contribution in [0.2, 0.25) is 0 Å². The van der Waals surface area contributed by atoms with E-state index < -0.39 is 5.91 Å². The minimum absolute atomic E-state index is 0.333. The predicted octanol–water partition coefficient (Wildman–Crippen LogP) is 0.692. The van der Waals surface area contributed by atoms with Crippen molar-refractivity contribution in [2.24, 2.45) is 0 Å². The number of rotatable bonds is 1. The Balaban J connectivity index is 3.07. The first-order valence-electron chi connectivity index (χ1n) is 2.81. The summed E-state index contributed by atoms with van der Waals surface area (Å²) in [6, 6.07) is 6.37. The number of nitrogens with one attached hydrogen (secondary N) is 1. The first-order valence-corrected chi connectivity index (χ1v) is 2.81. The molecule has 1 aromatic carbocycles. The van der Waals surface area contributed by atoms with Gasteiger partial charge in [-0.1, -0.05) is 6.07 Å². The molecule has 0 aliphatic heterocycles. The molecule has 0 atom stereocenters. The second kappa shape index (κ2) is 2.39. The Morgan fingerprint density at radius 3 is 2.60 bits per heavy atom. The highest BCUT2D eigenvalue weighted by molar-refractivity contribution is 5.92. The smallest absolute Gasteiger partial charge is 0.269 e. The summed E-state index contributed by atoms with van der Waals surface area (Å²) in [5, 5.41) is 0. The molecular formula is C7H7N2O. The maximum absolute atomic E-state index is 10.4. The van der Waals surface area contributed by atoms with E-state index in [4.69, 9.17) is 11.5 Å². The van der Waals surface area contributed by atoms with Gasteiger partial charge in [-0.15, -0.1) is 0 Å². The molecule has 1 rings (SSSR count). The van der Waals surface area contributed by atoms with Crippen molar-refractivity contribution < 1.29 is 4.79 Å². The summed E-state index contributed by atoms with van der Waals surface area (Å²) in [5.74, 6) is -0.702. The summed E-state index contributed by atoms with van der Waals surface area (Å²) in [5.41, 5.74) is 12.9. The molecule has 10 heavy (non-hydrogen) atoms. The molecule has 0 unspecified atom stereocenters. The highest BCUT2D eigenvalue weighted by Crippen LogP contribution is 2.05. The minimum Gasteiger partial charge on any atom is -0.399 e. The zero-order valence-electron chi connectivity index (χ0n) is 5.29. The topological polar surface area (TPSA) is 66.9 Å². The molecule has 3 nitrogen and oxygen atoms in total. The molecule has 3 N–H and O–H groups in total. The van der Waals surface area contributed by atoms with E-state index in [1.165, 1.54) is 6.07 Å². The first-order chi connectivity index (χ1) is 4.70. The van der Waals surface area contributed by atoms with Crippen LogP contribution >= 0.6 is 0 Å². The van der Waals surface area contributed by atoms with Crippen molar-refractivity contribution in [3.63, 3.8) is 0 Å². The van der Waals surface area contributed by atoms with Crippen LogP contribution < -0.4 is 11.5 Å². The standard InChI is InChI=1S/C7H7N2O/c8-6-3-1-2-5(4-6)7(9)10/h1-4,9H,8H2. The van der Waals surface area contributed by atoms with Crippen LogP contribution in [0.4, 0.5) is 5.69 Å². The van der Waals surface area contributed by atoms with Gasteiger partial charge in [0, 0.05) is 11.3 Å². The molecular weight excluding hydrogens is 128 g/mol. The lowest BCUT2D eigenvalue weighted by atomic mass is 10.2. The zero-order chi connectivity index (χ0) is 7.56. The number of hydrogen-bond acceptors (Lipinski definition) is 2. The van der Waals surface area contributed by atoms with Gasteiger partial charge < -0.3 is 5.73 Å². The fourth-order valence-electron chi connectivity index (χ4n) is 0.680. The summed E-state index contributed by atoms with van der Waals surface area (Å²) in [4.78, 5) is 10.4. The summed E-state index contributed by atoms with van der Waals surface area (Å²) < 4.78 is 0. The molecule has 0 spiro atoms. The third kappa shape index (κ3) is 1.25. The number of anilines is 1. The van der Waals surface area contributed by atoms with Crippen molar-refractivity contribution in [1.82, 2.24) is 5.73 Å². The lowest BCUT2D eigenvalue weighted by Crippen LogP contribution is -1.98. The van der Waals surface area contributed by atoms with E-state index in [2.05, 4.69) is 0 Å². The maximum atomic E-state index is 10.4. The molecule has 0 saturated carbocycles. The predicted molar refractivity (Wildman–Crippen MR) is 38.3 cm³/mol. The number of amides is 1. The van der Waals surface area contributed by atoms with Gasteiger partial charge in [-0.05, 0) is 18.2 Å². The van der Waals surface area contributed by atoms with E-state index in [0.29, 0.717) is 11.3 Å². The van der Waals surface area contributed by atoms with E-state index in [1.54, 1.807) is 18.2 Å². The van der Waals surface area contributed by atoms with E-state index in [0.717, 1.165) is 0 Å². The molecule has 0 bridgehead atoms. The highest BCUT2D eigenvalue weighted by Gasteiger charge is 1.98. The van der Waals surface area contributed by atoms with Crippen LogP contribution in [0.5, 0.6) is 0 Å². The van der Waals surface area contributed by atoms with Gasteiger partial charge in [0.15, 0.2) is 0 Å². The number of hydrogen-bond donors (Lipinski definition) is 1. The van der Waals surface area contributed by atoms with Crippen molar-refractivity contribution in [3.8, 4) is 0 Å². The normalized spacial score (nSPS) is 9.20. The fourth-order valence-corrected chi connectivity index (χ4v) is 0.680. The quantitative estimate of drug-likeness (QED) is 0.575. The van der Waals surface area contributed by atoms with Gasteiger partial charge >= 0.3 is 0 Å². The Morgan fingerprint density at radius 2 is 2.20 bits per heavy atom. The Kier molecular flexibility index (Phi) is 1.58. The van der Waals surface area contributed by atoms with E-state index >= 15 is 0 Å². The minimum atomic E-state index is -0.702. The molecule has 1 aromatic rings. The van der Waals surface area contributed by atoms with Crippen molar-refractivity contribution in [2.45, 2.75) is 0 Å². The molecule has 0 fully saturated rings. The summed E-state index contributed by atoms with van der Waals surface area (Å²) >= 11 is 0. The first kappa shape index (κ1) is 6.61. The van der Waals surface area contributed by atoms with Gasteiger partial charge in [-0.3, -0.25) is 10.5 Å². The van der Waals surface area contributed by atoms with Crippen molar-refractivity contribution in [3.05, 3.63) is 29.8 Å². The number of carbonyl (C=O) groups excluding carboxylic acids is 1. The van der Waals surface area contributed by atoms with Crippen LogP contribution in [0.1, 0.15) is 10.4 Å². The highest BCUT2D eigenvalue weighted by atomic mass is 16.1. The van der Waals surface area contributed by atoms with Crippen molar-refractivity contribution in [2.75, 3.05) is 5.73 Å². The molecule has 0 aliphatic carbocycles. The molecule has 3 heteroatoms. The summed E-state index contributed by atoms with van der Waals surface area (Å²) in [6.07, 6.45) is 0. The summed E-state index contributed by atoms with van der Waals surface area (Å²) in [6.45, 7) is 0. The molecule has 0 saturated heterocycles. The lowest BCUT2D eigenvalue weighted by molar-refractivity contribution is 0.0992. The second-order valence-corrected chi connectivity index (χ2v) is 1.95. The Bertz CT molecular complexity index is 258. The van der Waals surface area contributed by atoms with Crippen LogP contribution in [-0.4, -0.2) is 5.91 Å². The molecule has 0 heterocycles. The molecule has 0 aromatic heterocycles. The van der Waals surface area contributed by atoms with Crippen molar-refractivity contribution in [1.29, 1.82) is 0 Å². The fraction of sp³-hybridized carbons (Fsp3) is 0. The van der Waals surface area contributed by atoms with Gasteiger partial charge in [-0.25, -0.2) is 0 Å². The van der Waals surface area contributed by atoms with Crippen LogP contribution in [-0.2, 0) is 0 Å².